The molecule has 6 heteroatoms. The van der Waals surface area contributed by atoms with Crippen LogP contribution < -0.4 is 5.56 Å². The van der Waals surface area contributed by atoms with Crippen molar-refractivity contribution < 1.29 is 0 Å². The lowest BCUT2D eigenvalue weighted by atomic mass is 10.1. The van der Waals surface area contributed by atoms with Gasteiger partial charge in [-0.15, -0.1) is 0 Å². The molecule has 0 amide bonds. The Hall–Kier alpha value is -1.95. The summed E-state index contributed by atoms with van der Waals surface area (Å²) in [7, 11) is 0. The van der Waals surface area contributed by atoms with Gasteiger partial charge >= 0.3 is 0 Å². The standard InChI is InChI=1S/C17H17BrN4O/c1-2-22-16(20-15(21-22)8-10-6-7-10)14-9-12-11(17(23)19-14)4-3-5-13(12)18/h3-5,9-10H,2,6-8H2,1H3,(H,19,23). The van der Waals surface area contributed by atoms with Crippen molar-refractivity contribution in [2.24, 2.45) is 5.92 Å². The van der Waals surface area contributed by atoms with E-state index in [0.717, 1.165) is 40.4 Å². The summed E-state index contributed by atoms with van der Waals surface area (Å²) in [5.41, 5.74) is 0.610. The fourth-order valence-electron chi connectivity index (χ4n) is 2.85. The first-order valence-corrected chi connectivity index (χ1v) is 8.70. The second kappa shape index (κ2) is 5.60. The highest BCUT2D eigenvalue weighted by Crippen LogP contribution is 2.32. The van der Waals surface area contributed by atoms with E-state index in [1.54, 1.807) is 0 Å². The molecule has 1 N–H and O–H groups in total. The van der Waals surface area contributed by atoms with E-state index in [0.29, 0.717) is 11.1 Å². The van der Waals surface area contributed by atoms with E-state index in [9.17, 15) is 4.79 Å². The summed E-state index contributed by atoms with van der Waals surface area (Å²) in [6.45, 7) is 2.76. The number of aromatic amines is 1. The van der Waals surface area contributed by atoms with E-state index < -0.39 is 0 Å². The third-order valence-corrected chi connectivity index (χ3v) is 4.95. The molecule has 3 aromatic rings. The second-order valence-electron chi connectivity index (χ2n) is 6.03. The van der Waals surface area contributed by atoms with Crippen LogP contribution in [0, 0.1) is 5.92 Å². The maximum absolute atomic E-state index is 12.4. The zero-order chi connectivity index (χ0) is 16.0. The number of nitrogens with one attached hydrogen (secondary N) is 1. The molecule has 1 aliphatic carbocycles. The lowest BCUT2D eigenvalue weighted by molar-refractivity contribution is 0.643. The van der Waals surface area contributed by atoms with Gasteiger partial charge in [-0.25, -0.2) is 9.67 Å². The van der Waals surface area contributed by atoms with Gasteiger partial charge in [0.25, 0.3) is 5.56 Å². The normalized spacial score (nSPS) is 14.5. The molecule has 118 valence electrons. The summed E-state index contributed by atoms with van der Waals surface area (Å²) in [6.07, 6.45) is 3.48. The fourth-order valence-corrected chi connectivity index (χ4v) is 3.33. The Kier molecular flexibility index (Phi) is 3.56. The van der Waals surface area contributed by atoms with Crippen LogP contribution in [0.1, 0.15) is 25.6 Å². The zero-order valence-corrected chi connectivity index (χ0v) is 14.4. The van der Waals surface area contributed by atoms with Gasteiger partial charge in [-0.05, 0) is 43.9 Å². The molecule has 2 aromatic heterocycles. The molecule has 0 spiro atoms. The lowest BCUT2D eigenvalue weighted by Crippen LogP contribution is -2.10. The number of rotatable bonds is 4. The van der Waals surface area contributed by atoms with Crippen molar-refractivity contribution in [3.05, 3.63) is 44.9 Å². The van der Waals surface area contributed by atoms with E-state index in [2.05, 4.69) is 31.0 Å². The van der Waals surface area contributed by atoms with Crippen LogP contribution in [-0.2, 0) is 13.0 Å². The van der Waals surface area contributed by atoms with Gasteiger partial charge in [0.15, 0.2) is 11.6 Å². The molecule has 0 aliphatic heterocycles. The monoisotopic (exact) mass is 372 g/mol. The third-order valence-electron chi connectivity index (χ3n) is 4.26. The number of benzene rings is 1. The van der Waals surface area contributed by atoms with Gasteiger partial charge < -0.3 is 4.98 Å². The first-order valence-electron chi connectivity index (χ1n) is 7.91. The van der Waals surface area contributed by atoms with Crippen LogP contribution in [0.2, 0.25) is 0 Å². The largest absolute Gasteiger partial charge is 0.319 e. The first-order chi connectivity index (χ1) is 11.2. The van der Waals surface area contributed by atoms with Crippen molar-refractivity contribution in [2.75, 3.05) is 0 Å². The predicted octanol–water partition coefficient (Wildman–Crippen LogP) is 3.52. The molecule has 1 fully saturated rings. The number of H-pyrrole nitrogens is 1. The summed E-state index contributed by atoms with van der Waals surface area (Å²) in [4.78, 5) is 20.0. The van der Waals surface area contributed by atoms with Crippen LogP contribution in [0.25, 0.3) is 22.3 Å². The van der Waals surface area contributed by atoms with Gasteiger partial charge in [-0.3, -0.25) is 4.79 Å². The van der Waals surface area contributed by atoms with Crippen molar-refractivity contribution in [3.8, 4) is 11.5 Å². The van der Waals surface area contributed by atoms with E-state index >= 15 is 0 Å². The van der Waals surface area contributed by atoms with Crippen molar-refractivity contribution in [1.82, 2.24) is 19.7 Å². The Labute approximate surface area is 141 Å². The van der Waals surface area contributed by atoms with Crippen LogP contribution in [0.5, 0.6) is 0 Å². The maximum Gasteiger partial charge on any atom is 0.256 e. The van der Waals surface area contributed by atoms with Gasteiger partial charge in [0, 0.05) is 28.2 Å². The highest BCUT2D eigenvalue weighted by molar-refractivity contribution is 9.10. The quantitative estimate of drug-likeness (QED) is 0.761. The van der Waals surface area contributed by atoms with Gasteiger partial charge in [-0.1, -0.05) is 22.0 Å². The number of aryl methyl sites for hydroxylation is 1. The SMILES string of the molecule is CCn1nc(CC2CC2)nc1-c1cc2c(Br)cccc2c(=O)[nH]1. The number of halogens is 1. The van der Waals surface area contributed by atoms with E-state index in [4.69, 9.17) is 0 Å². The Bertz CT molecular complexity index is 939. The summed E-state index contributed by atoms with van der Waals surface area (Å²) in [6, 6.07) is 7.60. The first kappa shape index (κ1) is 14.6. The molecule has 23 heavy (non-hydrogen) atoms. The molecule has 0 unspecified atom stereocenters. The Morgan fingerprint density at radius 2 is 2.17 bits per heavy atom. The molecule has 0 atom stereocenters. The molecular formula is C17H17BrN4O. The minimum Gasteiger partial charge on any atom is -0.319 e. The molecule has 0 saturated heterocycles. The molecule has 4 rings (SSSR count). The van der Waals surface area contributed by atoms with Crippen LogP contribution in [-0.4, -0.2) is 19.7 Å². The average molecular weight is 373 g/mol. The second-order valence-corrected chi connectivity index (χ2v) is 6.88. The highest BCUT2D eigenvalue weighted by Gasteiger charge is 2.24. The average Bonchev–Trinajstić information content (AvgIpc) is 3.25. The number of pyridine rings is 1. The summed E-state index contributed by atoms with van der Waals surface area (Å²) >= 11 is 3.52. The lowest BCUT2D eigenvalue weighted by Gasteiger charge is -2.05. The van der Waals surface area contributed by atoms with Crippen molar-refractivity contribution in [1.29, 1.82) is 0 Å². The maximum atomic E-state index is 12.4. The van der Waals surface area contributed by atoms with Gasteiger partial charge in [-0.2, -0.15) is 5.10 Å². The minimum absolute atomic E-state index is 0.104. The molecule has 1 aliphatic rings. The number of nitrogens with zero attached hydrogens (tertiary/aromatic N) is 3. The van der Waals surface area contributed by atoms with Crippen LogP contribution in [0.3, 0.4) is 0 Å². The molecule has 5 nitrogen and oxygen atoms in total. The summed E-state index contributed by atoms with van der Waals surface area (Å²) < 4.78 is 2.77. The van der Waals surface area contributed by atoms with Crippen LogP contribution in [0.4, 0.5) is 0 Å². The van der Waals surface area contributed by atoms with E-state index in [1.807, 2.05) is 35.9 Å². The molecule has 1 aromatic carbocycles. The molecule has 0 bridgehead atoms. The Morgan fingerprint density at radius 3 is 2.91 bits per heavy atom. The zero-order valence-electron chi connectivity index (χ0n) is 12.8. The Balaban J connectivity index is 1.86. The molecular weight excluding hydrogens is 356 g/mol. The van der Waals surface area contributed by atoms with Gasteiger partial charge in [0.2, 0.25) is 0 Å². The van der Waals surface area contributed by atoms with Gasteiger partial charge in [0.05, 0.1) is 5.69 Å². The predicted molar refractivity (Wildman–Crippen MR) is 93.4 cm³/mol. The third kappa shape index (κ3) is 2.72. The molecule has 0 radical (unpaired) electrons. The number of aromatic nitrogens is 4. The topological polar surface area (TPSA) is 63.6 Å². The molecule has 2 heterocycles. The summed E-state index contributed by atoms with van der Waals surface area (Å²) in [5.74, 6) is 2.34. The molecule has 1 saturated carbocycles. The Morgan fingerprint density at radius 1 is 1.35 bits per heavy atom. The van der Waals surface area contributed by atoms with Crippen molar-refractivity contribution in [3.63, 3.8) is 0 Å². The van der Waals surface area contributed by atoms with Crippen molar-refractivity contribution >= 4 is 26.7 Å². The number of fused-ring (bicyclic) bond motifs is 1. The summed E-state index contributed by atoms with van der Waals surface area (Å²) in [5, 5.41) is 6.15. The number of hydrogen-bond acceptors (Lipinski definition) is 3. The smallest absolute Gasteiger partial charge is 0.256 e. The van der Waals surface area contributed by atoms with Crippen LogP contribution >= 0.6 is 15.9 Å². The van der Waals surface area contributed by atoms with E-state index in [-0.39, 0.29) is 5.56 Å². The fraction of sp³-hybridized carbons (Fsp3) is 0.353. The van der Waals surface area contributed by atoms with Crippen molar-refractivity contribution in [2.45, 2.75) is 32.7 Å². The number of hydrogen-bond donors (Lipinski definition) is 1. The van der Waals surface area contributed by atoms with Gasteiger partial charge in [0.1, 0.15) is 0 Å². The minimum atomic E-state index is -0.104. The van der Waals surface area contributed by atoms with E-state index in [1.165, 1.54) is 12.8 Å². The highest BCUT2D eigenvalue weighted by atomic mass is 79.9. The van der Waals surface area contributed by atoms with Crippen LogP contribution in [0.15, 0.2) is 33.5 Å².